The van der Waals surface area contributed by atoms with Crippen LogP contribution in [0.15, 0.2) is 48.6 Å². The number of carbonyl (C=O) groups excluding carboxylic acids is 2. The first-order chi connectivity index (χ1) is 36.4. The van der Waals surface area contributed by atoms with Gasteiger partial charge in [-0.2, -0.15) is 0 Å². The molecule has 0 aromatic heterocycles. The van der Waals surface area contributed by atoms with E-state index in [1.165, 1.54) is 193 Å². The van der Waals surface area contributed by atoms with Gasteiger partial charge in [0.15, 0.2) is 0 Å². The quantitative estimate of drug-likeness (QED) is 0.0156. The number of hydrogen-bond donors (Lipinski definition) is 2. The van der Waals surface area contributed by atoms with E-state index >= 15 is 0 Å². The van der Waals surface area contributed by atoms with Gasteiger partial charge in [0.1, 0.15) is 19.3 Å². The fourth-order valence-corrected chi connectivity index (χ4v) is 10.1. The molecule has 1 amide bonds. The zero-order chi connectivity index (χ0) is 55.0. The number of allylic oxidation sites excluding steroid dienone is 7. The number of amides is 1. The maximum Gasteiger partial charge on any atom is 0.472 e. The van der Waals surface area contributed by atoms with Crippen molar-refractivity contribution in [3.63, 3.8) is 0 Å². The van der Waals surface area contributed by atoms with Crippen molar-refractivity contribution in [2.24, 2.45) is 0 Å². The van der Waals surface area contributed by atoms with Crippen molar-refractivity contribution in [2.45, 2.75) is 315 Å². The van der Waals surface area contributed by atoms with Gasteiger partial charge < -0.3 is 19.4 Å². The third-order valence-electron chi connectivity index (χ3n) is 14.3. The lowest BCUT2D eigenvalue weighted by atomic mass is 10.0. The lowest BCUT2D eigenvalue weighted by Crippen LogP contribution is -2.47. The molecule has 9 nitrogen and oxygen atoms in total. The van der Waals surface area contributed by atoms with Crippen LogP contribution in [0.3, 0.4) is 0 Å². The van der Waals surface area contributed by atoms with E-state index in [0.717, 1.165) is 77.0 Å². The number of rotatable bonds is 58. The van der Waals surface area contributed by atoms with Gasteiger partial charge in [0, 0.05) is 12.8 Å². The third-order valence-corrected chi connectivity index (χ3v) is 15.3. The number of ether oxygens (including phenoxy) is 1. The van der Waals surface area contributed by atoms with Crippen molar-refractivity contribution >= 4 is 19.7 Å². The molecule has 0 aromatic rings. The van der Waals surface area contributed by atoms with Crippen molar-refractivity contribution in [1.82, 2.24) is 5.32 Å². The van der Waals surface area contributed by atoms with Gasteiger partial charge in [-0.3, -0.25) is 18.6 Å². The molecule has 0 heterocycles. The highest BCUT2D eigenvalue weighted by atomic mass is 31.2. The van der Waals surface area contributed by atoms with Crippen molar-refractivity contribution in [2.75, 3.05) is 40.9 Å². The largest absolute Gasteiger partial charge is 0.472 e. The Hall–Kier alpha value is -2.03. The molecule has 0 rings (SSSR count). The van der Waals surface area contributed by atoms with Gasteiger partial charge in [0.25, 0.3) is 0 Å². The Morgan fingerprint density at radius 2 is 0.853 bits per heavy atom. The summed E-state index contributed by atoms with van der Waals surface area (Å²) in [5.41, 5.74) is 0. The van der Waals surface area contributed by atoms with Crippen LogP contribution < -0.4 is 5.32 Å². The summed E-state index contributed by atoms with van der Waals surface area (Å²) in [5, 5.41) is 3.06. The second-order valence-corrected chi connectivity index (χ2v) is 24.4. The fourth-order valence-electron chi connectivity index (χ4n) is 9.41. The normalized spacial score (nSPS) is 14.0. The van der Waals surface area contributed by atoms with Crippen molar-refractivity contribution in [3.8, 4) is 0 Å². The molecule has 0 bridgehead atoms. The summed E-state index contributed by atoms with van der Waals surface area (Å²) in [7, 11) is 1.49. The number of phosphoric acid groups is 1. The number of unbranched alkanes of at least 4 members (excludes halogenated alkanes) is 38. The molecule has 0 fully saturated rings. The second kappa shape index (κ2) is 55.3. The van der Waals surface area contributed by atoms with Gasteiger partial charge in [0.2, 0.25) is 5.91 Å². The Labute approximate surface area is 465 Å². The van der Waals surface area contributed by atoms with Crippen molar-refractivity contribution in [1.29, 1.82) is 0 Å². The molecule has 3 unspecified atom stereocenters. The molecule has 3 atom stereocenters. The standard InChI is InChI=1S/C65H123N2O7P/c1-7-10-13-16-19-22-25-28-30-31-32-33-34-35-37-40-43-46-49-52-55-58-65(69)74-63(56-53-50-47-44-41-38-27-24-21-18-15-12-9-3)62(61-73-75(70,71)72-60-59-67(4,5)6)66-64(68)57-54-51-48-45-42-39-36-29-26-23-20-17-14-11-8-2/h11,14,17,20,23,26,53,56,62-63H,7-10,12-13,15-16,18-19,21-22,24-25,27-52,54-55,57-61H2,1-6H3,(H-,66,68,70,71)/p+1/b14-11+,20-17+,26-23+,56-53-. The molecule has 0 radical (unpaired) electrons. The summed E-state index contributed by atoms with van der Waals surface area (Å²) in [6.07, 6.45) is 68.2. The monoisotopic (exact) mass is 1080 g/mol. The van der Waals surface area contributed by atoms with Gasteiger partial charge in [-0.05, 0) is 51.0 Å². The lowest BCUT2D eigenvalue weighted by molar-refractivity contribution is -0.870. The van der Waals surface area contributed by atoms with Crippen LogP contribution >= 0.6 is 7.82 Å². The summed E-state index contributed by atoms with van der Waals surface area (Å²) >= 11 is 0. The third kappa shape index (κ3) is 56.5. The van der Waals surface area contributed by atoms with Crippen LogP contribution in [0.2, 0.25) is 0 Å². The molecule has 0 aliphatic carbocycles. The summed E-state index contributed by atoms with van der Waals surface area (Å²) in [6.45, 7) is 6.91. The van der Waals surface area contributed by atoms with E-state index in [9.17, 15) is 19.0 Å². The SMILES string of the molecule is CC/C=C/C=C/C=C/CCCCCCCCCC(=O)NC(COP(=O)(O)OCC[N+](C)(C)C)C(/C=C\CCCCCCCCCCCCC)OC(=O)CCCCCCCCCCCCCCCCCCCCCCC. The highest BCUT2D eigenvalue weighted by molar-refractivity contribution is 7.47. The average molecular weight is 1080 g/mol. The van der Waals surface area contributed by atoms with E-state index in [-0.39, 0.29) is 25.1 Å². The Morgan fingerprint density at radius 3 is 1.27 bits per heavy atom. The zero-order valence-electron chi connectivity index (χ0n) is 50.3. The van der Waals surface area contributed by atoms with E-state index < -0.39 is 20.0 Å². The van der Waals surface area contributed by atoms with Gasteiger partial charge >= 0.3 is 13.8 Å². The maximum atomic E-state index is 13.5. The van der Waals surface area contributed by atoms with Gasteiger partial charge in [-0.25, -0.2) is 4.57 Å². The van der Waals surface area contributed by atoms with Crippen LogP contribution in [-0.4, -0.2) is 74.3 Å². The summed E-state index contributed by atoms with van der Waals surface area (Å²) in [6, 6.07) is -0.852. The number of nitrogens with one attached hydrogen (secondary N) is 1. The van der Waals surface area contributed by atoms with Crippen molar-refractivity contribution in [3.05, 3.63) is 48.6 Å². The molecule has 0 aliphatic rings. The number of esters is 1. The Morgan fingerprint density at radius 1 is 0.480 bits per heavy atom. The van der Waals surface area contributed by atoms with Crippen LogP contribution in [0.25, 0.3) is 0 Å². The van der Waals surface area contributed by atoms with E-state index in [0.29, 0.717) is 23.9 Å². The van der Waals surface area contributed by atoms with Crippen LogP contribution in [0.1, 0.15) is 303 Å². The first-order valence-corrected chi connectivity index (χ1v) is 33.5. The molecular weight excluding hydrogens is 952 g/mol. The highest BCUT2D eigenvalue weighted by Crippen LogP contribution is 2.43. The van der Waals surface area contributed by atoms with Crippen LogP contribution in [-0.2, 0) is 27.9 Å². The van der Waals surface area contributed by atoms with E-state index in [4.69, 9.17) is 13.8 Å². The molecule has 10 heteroatoms. The molecule has 0 saturated carbocycles. The van der Waals surface area contributed by atoms with Crippen LogP contribution in [0.5, 0.6) is 0 Å². The minimum Gasteiger partial charge on any atom is -0.456 e. The lowest BCUT2D eigenvalue weighted by Gasteiger charge is -2.27. The topological polar surface area (TPSA) is 111 Å². The summed E-state index contributed by atoms with van der Waals surface area (Å²) in [5.74, 6) is -0.507. The number of quaternary nitrogens is 1. The first-order valence-electron chi connectivity index (χ1n) is 32.0. The molecule has 0 saturated heterocycles. The Balaban J connectivity index is 5.20. The predicted molar refractivity (Wildman–Crippen MR) is 323 cm³/mol. The van der Waals surface area contributed by atoms with Gasteiger partial charge in [-0.1, -0.05) is 288 Å². The van der Waals surface area contributed by atoms with Crippen LogP contribution in [0.4, 0.5) is 0 Å². The van der Waals surface area contributed by atoms with E-state index in [1.807, 2.05) is 33.3 Å². The Kier molecular flexibility index (Phi) is 53.8. The molecule has 2 N–H and O–H groups in total. The minimum atomic E-state index is -4.45. The van der Waals surface area contributed by atoms with Crippen molar-refractivity contribution < 1.29 is 37.3 Å². The summed E-state index contributed by atoms with van der Waals surface area (Å²) < 4.78 is 30.7. The molecule has 0 aromatic carbocycles. The van der Waals surface area contributed by atoms with Gasteiger partial charge in [0.05, 0.1) is 33.8 Å². The van der Waals surface area contributed by atoms with E-state index in [1.54, 1.807) is 0 Å². The first kappa shape index (κ1) is 73.0. The zero-order valence-corrected chi connectivity index (χ0v) is 51.2. The number of carbonyl (C=O) groups is 2. The smallest absolute Gasteiger partial charge is 0.456 e. The van der Waals surface area contributed by atoms with Gasteiger partial charge in [-0.15, -0.1) is 0 Å². The minimum absolute atomic E-state index is 0.0386. The highest BCUT2D eigenvalue weighted by Gasteiger charge is 2.30. The number of phosphoric ester groups is 1. The molecule has 75 heavy (non-hydrogen) atoms. The number of nitrogens with zero attached hydrogens (tertiary/aromatic N) is 1. The summed E-state index contributed by atoms with van der Waals surface area (Å²) in [4.78, 5) is 37.7. The fraction of sp³-hybridized carbons (Fsp3) is 0.846. The molecular formula is C65H124N2O7P+. The molecule has 0 spiro atoms. The number of likely N-dealkylation sites (N-methyl/N-ethyl adjacent to an activating group) is 1. The second-order valence-electron chi connectivity index (χ2n) is 23.0. The predicted octanol–water partition coefficient (Wildman–Crippen LogP) is 19.7. The number of hydrogen-bond acceptors (Lipinski definition) is 6. The van der Waals surface area contributed by atoms with E-state index in [2.05, 4.69) is 62.5 Å². The molecule has 440 valence electrons. The van der Waals surface area contributed by atoms with Crippen LogP contribution in [0, 0.1) is 0 Å². The Bertz CT molecular complexity index is 1420. The average Bonchev–Trinajstić information content (AvgIpc) is 3.37. The maximum absolute atomic E-state index is 13.5. The molecule has 0 aliphatic heterocycles.